The number of carboxylic acid groups (broad SMARTS) is 1. The molecule has 0 aromatic heterocycles. The van der Waals surface area contributed by atoms with E-state index in [1.54, 1.807) is 101 Å². The topological polar surface area (TPSA) is 255 Å². The number of carbonyl (C=O) groups excluding carboxylic acids is 8. The lowest BCUT2D eigenvalue weighted by Crippen LogP contribution is -2.22. The van der Waals surface area contributed by atoms with Crippen molar-refractivity contribution in [2.75, 3.05) is 76.2 Å². The Balaban J connectivity index is 0.000000460. The van der Waals surface area contributed by atoms with Crippen molar-refractivity contribution in [1.82, 2.24) is 19.6 Å². The van der Waals surface area contributed by atoms with Crippen LogP contribution in [0.1, 0.15) is 131 Å². The number of carbonyl (C=O) groups is 9. The third-order valence-electron chi connectivity index (χ3n) is 8.91. The average Bonchev–Trinajstić information content (AvgIpc) is 3.32. The van der Waals surface area contributed by atoms with E-state index in [1.807, 2.05) is 6.92 Å². The fourth-order valence-electron chi connectivity index (χ4n) is 5.72. The summed E-state index contributed by atoms with van der Waals surface area (Å²) in [6, 6.07) is 18.0. The highest BCUT2D eigenvalue weighted by atomic mass is 16.5. The highest BCUT2D eigenvalue weighted by molar-refractivity contribution is 6.01. The van der Waals surface area contributed by atoms with Crippen LogP contribution in [0.15, 0.2) is 72.8 Å². The van der Waals surface area contributed by atoms with E-state index in [4.69, 9.17) is 29.5 Å². The molecule has 3 N–H and O–H groups in total. The van der Waals surface area contributed by atoms with Crippen LogP contribution in [0.4, 0.5) is 0 Å². The predicted molar refractivity (Wildman–Crippen MR) is 255 cm³/mol. The van der Waals surface area contributed by atoms with E-state index in [0.29, 0.717) is 40.7 Å². The molecule has 0 heterocycles. The highest BCUT2D eigenvalue weighted by Gasteiger charge is 2.18. The van der Waals surface area contributed by atoms with E-state index >= 15 is 0 Å². The van der Waals surface area contributed by atoms with Gasteiger partial charge in [-0.15, -0.1) is 0 Å². The first-order chi connectivity index (χ1) is 32.4. The second-order valence-electron chi connectivity index (χ2n) is 15.5. The smallest absolute Gasteiger partial charge is 0.338 e. The zero-order valence-electron chi connectivity index (χ0n) is 41.1. The lowest BCUT2D eigenvalue weighted by atomic mass is 10.1. The summed E-state index contributed by atoms with van der Waals surface area (Å²) in [5, 5.41) is 27.0. The first-order valence-electron chi connectivity index (χ1n) is 21.2. The van der Waals surface area contributed by atoms with Crippen molar-refractivity contribution in [3.63, 3.8) is 0 Å². The van der Waals surface area contributed by atoms with Gasteiger partial charge in [-0.05, 0) is 117 Å². The van der Waals surface area contributed by atoms with Crippen molar-refractivity contribution < 1.29 is 72.7 Å². The molecule has 69 heavy (non-hydrogen) atoms. The van der Waals surface area contributed by atoms with Crippen LogP contribution in [0, 0.1) is 6.92 Å². The maximum absolute atomic E-state index is 11.8. The Hall–Kier alpha value is -7.77. The van der Waals surface area contributed by atoms with Crippen LogP contribution in [0.3, 0.4) is 0 Å². The first-order valence-corrected chi connectivity index (χ1v) is 21.2. The van der Waals surface area contributed by atoms with Crippen molar-refractivity contribution in [2.45, 2.75) is 40.9 Å². The minimum atomic E-state index is -1.12. The second kappa shape index (κ2) is 29.1. The summed E-state index contributed by atoms with van der Waals surface area (Å²) in [5.41, 5.74) is 4.32. The lowest BCUT2D eigenvalue weighted by Gasteiger charge is -2.12. The van der Waals surface area contributed by atoms with Gasteiger partial charge in [0.05, 0.1) is 55.3 Å². The molecule has 19 heteroatoms. The van der Waals surface area contributed by atoms with Crippen LogP contribution in [0.2, 0.25) is 0 Å². The third kappa shape index (κ3) is 19.2. The number of benzene rings is 4. The molecule has 0 aliphatic heterocycles. The third-order valence-corrected chi connectivity index (χ3v) is 8.91. The summed E-state index contributed by atoms with van der Waals surface area (Å²) in [6.07, 6.45) is 0.592. The van der Waals surface area contributed by atoms with Crippen molar-refractivity contribution >= 4 is 53.8 Å². The number of aliphatic hydroxyl groups excluding tert-OH is 2. The van der Waals surface area contributed by atoms with Gasteiger partial charge in [0.25, 0.3) is 23.6 Å². The molecule has 0 atom stereocenters. The van der Waals surface area contributed by atoms with Crippen molar-refractivity contribution in [2.24, 2.45) is 0 Å². The van der Waals surface area contributed by atoms with Crippen LogP contribution in [-0.4, -0.2) is 165 Å². The number of ether oxygens (including phenoxy) is 3. The van der Waals surface area contributed by atoms with Gasteiger partial charge in [0.15, 0.2) is 0 Å². The first kappa shape index (κ1) is 59.2. The standard InChI is InChI=1S/C13H17NO4.C13H15NO4.C13H17NO3.C11H13NO4/c2*1-4-18-13(17)11-6-9(8-15)5-10(7-11)12(16)14(2)3;1-5-17-13(16)11-7-9(2)6-10(8-11)12(15)14(3)4;1-12(2)10(14)8-3-7(6-13)4-9(5-8)11(15)16/h5-7,15H,4,8H2,1-3H3;5-8H,4H2,1-3H3;6-8H,5H2,1-4H3;3-5,13H,6H2,1-2H3,(H,15,16). The van der Waals surface area contributed by atoms with Gasteiger partial charge in [0.2, 0.25) is 0 Å². The average molecular weight is 959 g/mol. The maximum atomic E-state index is 11.8. The minimum Gasteiger partial charge on any atom is -0.478 e. The second-order valence-corrected chi connectivity index (χ2v) is 15.5. The van der Waals surface area contributed by atoms with E-state index in [2.05, 4.69) is 0 Å². The number of amides is 4. The van der Waals surface area contributed by atoms with Crippen LogP contribution >= 0.6 is 0 Å². The van der Waals surface area contributed by atoms with Gasteiger partial charge in [0, 0.05) is 84.2 Å². The number of nitrogens with zero attached hydrogens (tertiary/aromatic N) is 4. The molecule has 4 aromatic carbocycles. The van der Waals surface area contributed by atoms with Crippen molar-refractivity contribution in [3.05, 3.63) is 140 Å². The molecule has 0 fully saturated rings. The molecular weight excluding hydrogens is 897 g/mol. The Kier molecular flexibility index (Phi) is 25.0. The summed E-state index contributed by atoms with van der Waals surface area (Å²) in [4.78, 5) is 109. The number of rotatable bonds is 14. The molecule has 0 spiro atoms. The highest BCUT2D eigenvalue weighted by Crippen LogP contribution is 2.16. The molecule has 0 aliphatic carbocycles. The van der Waals surface area contributed by atoms with Crippen LogP contribution < -0.4 is 0 Å². The minimum absolute atomic E-state index is 0.00301. The molecule has 0 bridgehead atoms. The molecule has 372 valence electrons. The fourth-order valence-corrected chi connectivity index (χ4v) is 5.72. The number of aromatic carboxylic acids is 1. The Morgan fingerprint density at radius 2 is 0.696 bits per heavy atom. The van der Waals surface area contributed by atoms with Gasteiger partial charge in [0.1, 0.15) is 6.29 Å². The number of carboxylic acids is 1. The zero-order chi connectivity index (χ0) is 52.7. The Labute approximate surface area is 401 Å². The molecule has 0 radical (unpaired) electrons. The van der Waals surface area contributed by atoms with Crippen LogP contribution in [0.5, 0.6) is 0 Å². The molecule has 0 unspecified atom stereocenters. The molecule has 0 saturated heterocycles. The van der Waals surface area contributed by atoms with E-state index < -0.39 is 23.9 Å². The number of aryl methyl sites for hydroxylation is 1. The molecule has 0 aliphatic rings. The molecule has 0 saturated carbocycles. The van der Waals surface area contributed by atoms with Gasteiger partial charge < -0.3 is 49.1 Å². The van der Waals surface area contributed by atoms with Gasteiger partial charge in [-0.1, -0.05) is 0 Å². The zero-order valence-corrected chi connectivity index (χ0v) is 41.1. The van der Waals surface area contributed by atoms with E-state index in [0.717, 1.165) is 5.56 Å². The lowest BCUT2D eigenvalue weighted by molar-refractivity contribution is 0.0516. The monoisotopic (exact) mass is 958 g/mol. The SMILES string of the molecule is CCOC(=O)c1cc(C)cc(C(=O)N(C)C)c1.CCOC(=O)c1cc(C=O)cc(C(=O)N(C)C)c1.CCOC(=O)c1cc(CO)cc(C(=O)N(C)C)c1.CN(C)C(=O)c1cc(CO)cc(C(=O)O)c1. The summed E-state index contributed by atoms with van der Waals surface area (Å²) in [5.74, 6) is -3.49. The van der Waals surface area contributed by atoms with E-state index in [1.165, 1.54) is 68.1 Å². The summed E-state index contributed by atoms with van der Waals surface area (Å²) >= 11 is 0. The number of hydrogen-bond acceptors (Lipinski definition) is 14. The number of aldehydes is 1. The fraction of sp³-hybridized carbons (Fsp3) is 0.340. The van der Waals surface area contributed by atoms with Gasteiger partial charge in [-0.2, -0.15) is 0 Å². The Bertz CT molecular complexity index is 2480. The van der Waals surface area contributed by atoms with Gasteiger partial charge in [-0.3, -0.25) is 24.0 Å². The number of aliphatic hydroxyl groups is 2. The van der Waals surface area contributed by atoms with Crippen molar-refractivity contribution in [3.8, 4) is 0 Å². The van der Waals surface area contributed by atoms with Gasteiger partial charge in [-0.25, -0.2) is 19.2 Å². The van der Waals surface area contributed by atoms with E-state index in [9.17, 15) is 43.2 Å². The largest absolute Gasteiger partial charge is 0.478 e. The van der Waals surface area contributed by atoms with E-state index in [-0.39, 0.29) is 83.4 Å². The Morgan fingerprint density at radius 1 is 0.435 bits per heavy atom. The quantitative estimate of drug-likeness (QED) is 0.0864. The van der Waals surface area contributed by atoms with Crippen molar-refractivity contribution in [1.29, 1.82) is 0 Å². The molecule has 4 amide bonds. The number of hydrogen-bond donors (Lipinski definition) is 3. The summed E-state index contributed by atoms with van der Waals surface area (Å²) < 4.78 is 14.6. The maximum Gasteiger partial charge on any atom is 0.338 e. The van der Waals surface area contributed by atoms with Crippen LogP contribution in [-0.2, 0) is 27.4 Å². The summed E-state index contributed by atoms with van der Waals surface area (Å²) in [7, 11) is 12.9. The molecule has 4 rings (SSSR count). The molecular formula is C50H62N4O15. The Morgan fingerprint density at radius 3 is 1.01 bits per heavy atom. The normalized spacial score (nSPS) is 9.88. The summed E-state index contributed by atoms with van der Waals surface area (Å²) in [6.45, 7) is 7.28. The number of esters is 3. The molecule has 19 nitrogen and oxygen atoms in total. The predicted octanol–water partition coefficient (Wildman–Crippen LogP) is 4.89. The molecule has 4 aromatic rings. The van der Waals surface area contributed by atoms with Crippen LogP contribution in [0.25, 0.3) is 0 Å². The van der Waals surface area contributed by atoms with Gasteiger partial charge >= 0.3 is 23.9 Å².